The molecule has 0 aliphatic carbocycles. The van der Waals surface area contributed by atoms with Crippen molar-refractivity contribution in [2.75, 3.05) is 7.11 Å². The van der Waals surface area contributed by atoms with Crippen LogP contribution in [0.2, 0.25) is 5.02 Å². The Hall–Kier alpha value is -2.87. The van der Waals surface area contributed by atoms with E-state index >= 15 is 0 Å². The van der Waals surface area contributed by atoms with Gasteiger partial charge in [-0.3, -0.25) is 4.79 Å². The number of nitrogens with one attached hydrogen (secondary N) is 2. The highest BCUT2D eigenvalue weighted by molar-refractivity contribution is 7.89. The Kier molecular flexibility index (Phi) is 7.90. The van der Waals surface area contributed by atoms with Crippen LogP contribution in [0.5, 0.6) is 5.75 Å². The molecule has 2 N–H and O–H groups in total. The van der Waals surface area contributed by atoms with Crippen molar-refractivity contribution in [3.8, 4) is 5.75 Å². The number of sulfonamides is 1. The molecule has 0 saturated heterocycles. The molecule has 3 aromatic rings. The number of hydrogen-bond acceptors (Lipinski definition) is 4. The Bertz CT molecular complexity index is 1160. The maximum atomic E-state index is 13.2. The molecule has 0 aliphatic heterocycles. The average molecular weight is 473 g/mol. The average Bonchev–Trinajstić information content (AvgIpc) is 2.79. The summed E-state index contributed by atoms with van der Waals surface area (Å²) in [6, 6.07) is 21.6. The first-order valence-electron chi connectivity index (χ1n) is 10.1. The van der Waals surface area contributed by atoms with Crippen LogP contribution in [-0.2, 0) is 21.2 Å². The van der Waals surface area contributed by atoms with Gasteiger partial charge in [-0.25, -0.2) is 8.42 Å². The van der Waals surface area contributed by atoms with Gasteiger partial charge in [0.15, 0.2) is 0 Å². The van der Waals surface area contributed by atoms with Crippen molar-refractivity contribution >= 4 is 27.5 Å². The SMILES string of the molecule is COc1ccc(Cl)cc1S(=O)(=O)N[C@@H](Cc1ccccc1)C(=O)N[C@@H](C)c1ccccc1. The molecule has 0 aromatic heterocycles. The number of methoxy groups -OCH3 is 1. The zero-order valence-corrected chi connectivity index (χ0v) is 19.4. The van der Waals surface area contributed by atoms with Crippen molar-refractivity contribution in [2.24, 2.45) is 0 Å². The van der Waals surface area contributed by atoms with Gasteiger partial charge >= 0.3 is 0 Å². The lowest BCUT2D eigenvalue weighted by molar-refractivity contribution is -0.123. The molecule has 0 unspecified atom stereocenters. The van der Waals surface area contributed by atoms with Crippen molar-refractivity contribution in [1.29, 1.82) is 0 Å². The molecular weight excluding hydrogens is 448 g/mol. The Morgan fingerprint density at radius 1 is 1.00 bits per heavy atom. The smallest absolute Gasteiger partial charge is 0.245 e. The number of rotatable bonds is 9. The summed E-state index contributed by atoms with van der Waals surface area (Å²) in [6.45, 7) is 1.85. The summed E-state index contributed by atoms with van der Waals surface area (Å²) in [4.78, 5) is 13.0. The first-order valence-corrected chi connectivity index (χ1v) is 11.9. The molecular formula is C24H25ClN2O4S. The highest BCUT2D eigenvalue weighted by atomic mass is 35.5. The van der Waals surface area contributed by atoms with E-state index in [2.05, 4.69) is 10.0 Å². The van der Waals surface area contributed by atoms with Gasteiger partial charge in [0.2, 0.25) is 15.9 Å². The molecule has 2 atom stereocenters. The topological polar surface area (TPSA) is 84.5 Å². The highest BCUT2D eigenvalue weighted by Gasteiger charge is 2.29. The molecule has 0 saturated carbocycles. The molecule has 1 amide bonds. The zero-order chi connectivity index (χ0) is 23.1. The quantitative estimate of drug-likeness (QED) is 0.490. The monoisotopic (exact) mass is 472 g/mol. The lowest BCUT2D eigenvalue weighted by Crippen LogP contribution is -2.48. The van der Waals surface area contributed by atoms with E-state index in [9.17, 15) is 13.2 Å². The number of ether oxygens (including phenoxy) is 1. The third-order valence-corrected chi connectivity index (χ3v) is 6.70. The molecule has 0 radical (unpaired) electrons. The van der Waals surface area contributed by atoms with Gasteiger partial charge in [0.05, 0.1) is 13.2 Å². The molecule has 0 aliphatic rings. The molecule has 3 rings (SSSR count). The van der Waals surface area contributed by atoms with Gasteiger partial charge in [0.25, 0.3) is 0 Å². The molecule has 6 nitrogen and oxygen atoms in total. The van der Waals surface area contributed by atoms with Crippen LogP contribution in [0, 0.1) is 0 Å². The summed E-state index contributed by atoms with van der Waals surface area (Å²) in [6.07, 6.45) is 0.177. The predicted octanol–water partition coefficient (Wildman–Crippen LogP) is 4.12. The predicted molar refractivity (Wildman–Crippen MR) is 125 cm³/mol. The van der Waals surface area contributed by atoms with Gasteiger partial charge < -0.3 is 10.1 Å². The van der Waals surface area contributed by atoms with Crippen LogP contribution in [0.3, 0.4) is 0 Å². The number of halogens is 1. The van der Waals surface area contributed by atoms with Crippen molar-refractivity contribution < 1.29 is 17.9 Å². The molecule has 0 fully saturated rings. The number of hydrogen-bond donors (Lipinski definition) is 2. The zero-order valence-electron chi connectivity index (χ0n) is 17.8. The highest BCUT2D eigenvalue weighted by Crippen LogP contribution is 2.27. The minimum atomic E-state index is -4.11. The molecule has 8 heteroatoms. The van der Waals surface area contributed by atoms with Crippen LogP contribution >= 0.6 is 11.6 Å². The van der Waals surface area contributed by atoms with E-state index < -0.39 is 22.0 Å². The number of benzene rings is 3. The molecule has 0 bridgehead atoms. The molecule has 0 spiro atoms. The number of amides is 1. The van der Waals surface area contributed by atoms with Crippen LogP contribution in [0.1, 0.15) is 24.1 Å². The van der Waals surface area contributed by atoms with Crippen LogP contribution in [0.4, 0.5) is 0 Å². The van der Waals surface area contributed by atoms with Gasteiger partial charge in [0, 0.05) is 5.02 Å². The second kappa shape index (κ2) is 10.6. The first-order chi connectivity index (χ1) is 15.3. The van der Waals surface area contributed by atoms with Crippen LogP contribution in [0.15, 0.2) is 83.8 Å². The van der Waals surface area contributed by atoms with E-state index in [0.29, 0.717) is 0 Å². The second-order valence-corrected chi connectivity index (χ2v) is 9.42. The third-order valence-electron chi connectivity index (χ3n) is 4.97. The normalized spacial score (nSPS) is 13.2. The Morgan fingerprint density at radius 3 is 2.25 bits per heavy atom. The van der Waals surface area contributed by atoms with E-state index in [1.54, 1.807) is 0 Å². The summed E-state index contributed by atoms with van der Waals surface area (Å²) in [5, 5.41) is 3.15. The van der Waals surface area contributed by atoms with E-state index in [4.69, 9.17) is 16.3 Å². The fourth-order valence-electron chi connectivity index (χ4n) is 3.29. The van der Waals surface area contributed by atoms with E-state index in [1.165, 1.54) is 25.3 Å². The summed E-state index contributed by atoms with van der Waals surface area (Å²) in [5.41, 5.74) is 1.74. The van der Waals surface area contributed by atoms with Crippen molar-refractivity contribution in [1.82, 2.24) is 10.0 Å². The largest absolute Gasteiger partial charge is 0.495 e. The molecule has 0 heterocycles. The standard InChI is InChI=1S/C24H25ClN2O4S/c1-17(19-11-7-4-8-12-19)26-24(28)21(15-18-9-5-3-6-10-18)27-32(29,30)23-16-20(25)13-14-22(23)31-2/h3-14,16-17,21,27H,15H2,1-2H3,(H,26,28)/t17-,21-/m0/s1. The Labute approximate surface area is 193 Å². The molecule has 32 heavy (non-hydrogen) atoms. The van der Waals surface area contributed by atoms with Crippen LogP contribution in [0.25, 0.3) is 0 Å². The van der Waals surface area contributed by atoms with E-state index in [1.807, 2.05) is 67.6 Å². The minimum absolute atomic E-state index is 0.130. The van der Waals surface area contributed by atoms with Gasteiger partial charge in [-0.15, -0.1) is 0 Å². The number of carbonyl (C=O) groups excluding carboxylic acids is 1. The van der Waals surface area contributed by atoms with Crippen molar-refractivity contribution in [2.45, 2.75) is 30.3 Å². The lowest BCUT2D eigenvalue weighted by atomic mass is 10.0. The maximum Gasteiger partial charge on any atom is 0.245 e. The first kappa shape index (κ1) is 23.8. The van der Waals surface area contributed by atoms with Crippen LogP contribution < -0.4 is 14.8 Å². The van der Waals surface area contributed by atoms with Gasteiger partial charge in [-0.1, -0.05) is 72.3 Å². The van der Waals surface area contributed by atoms with Gasteiger partial charge in [-0.05, 0) is 42.7 Å². The van der Waals surface area contributed by atoms with E-state index in [0.717, 1.165) is 11.1 Å². The molecule has 3 aromatic carbocycles. The Balaban J connectivity index is 1.89. The second-order valence-electron chi connectivity index (χ2n) is 7.30. The van der Waals surface area contributed by atoms with E-state index in [-0.39, 0.29) is 28.1 Å². The van der Waals surface area contributed by atoms with Gasteiger partial charge in [-0.2, -0.15) is 4.72 Å². The van der Waals surface area contributed by atoms with Crippen molar-refractivity contribution in [3.63, 3.8) is 0 Å². The lowest BCUT2D eigenvalue weighted by Gasteiger charge is -2.22. The maximum absolute atomic E-state index is 13.2. The summed E-state index contributed by atoms with van der Waals surface area (Å²) < 4.78 is 34.1. The molecule has 168 valence electrons. The summed E-state index contributed by atoms with van der Waals surface area (Å²) >= 11 is 6.02. The Morgan fingerprint density at radius 2 is 1.62 bits per heavy atom. The minimum Gasteiger partial charge on any atom is -0.495 e. The van der Waals surface area contributed by atoms with Gasteiger partial charge in [0.1, 0.15) is 16.7 Å². The van der Waals surface area contributed by atoms with Crippen LogP contribution in [-0.4, -0.2) is 27.5 Å². The van der Waals surface area contributed by atoms with Crippen molar-refractivity contribution in [3.05, 3.63) is 95.0 Å². The fraction of sp³-hybridized carbons (Fsp3) is 0.208. The summed E-state index contributed by atoms with van der Waals surface area (Å²) in [7, 11) is -2.74. The fourth-order valence-corrected chi connectivity index (χ4v) is 4.92. The third kappa shape index (κ3) is 6.09. The number of carbonyl (C=O) groups is 1. The summed E-state index contributed by atoms with van der Waals surface area (Å²) in [5.74, 6) is -0.298.